The predicted octanol–water partition coefficient (Wildman–Crippen LogP) is 3.56. The largest absolute Gasteiger partial charge is 0.393 e. The lowest BCUT2D eigenvalue weighted by atomic mass is 9.93. The van der Waals surface area contributed by atoms with E-state index in [0.717, 1.165) is 53.9 Å². The van der Waals surface area contributed by atoms with Crippen LogP contribution >= 0.6 is 39.9 Å². The number of aliphatic hydroxyl groups excluding tert-OH is 1. The fourth-order valence-corrected chi connectivity index (χ4v) is 3.46. The van der Waals surface area contributed by atoms with E-state index in [9.17, 15) is 9.90 Å². The Balaban J connectivity index is 0.00000364. The molecule has 1 aliphatic rings. The zero-order valence-electron chi connectivity index (χ0n) is 15.9. The normalized spacial score (nSPS) is 19.8. The molecule has 0 unspecified atom stereocenters. The van der Waals surface area contributed by atoms with Gasteiger partial charge in [-0.3, -0.25) is 9.79 Å². The first-order valence-corrected chi connectivity index (χ1v) is 10.1. The molecule has 6 nitrogen and oxygen atoms in total. The van der Waals surface area contributed by atoms with Crippen molar-refractivity contribution in [3.63, 3.8) is 0 Å². The molecule has 8 heteroatoms. The van der Waals surface area contributed by atoms with Gasteiger partial charge < -0.3 is 21.1 Å². The van der Waals surface area contributed by atoms with E-state index in [2.05, 4.69) is 36.9 Å². The molecular weight excluding hydrogens is 523 g/mol. The summed E-state index contributed by atoms with van der Waals surface area (Å²) in [5, 5.41) is 19.2. The van der Waals surface area contributed by atoms with Gasteiger partial charge in [-0.2, -0.15) is 0 Å². The third-order valence-electron chi connectivity index (χ3n) is 4.45. The van der Waals surface area contributed by atoms with Gasteiger partial charge in [-0.15, -0.1) is 24.0 Å². The first-order valence-electron chi connectivity index (χ1n) is 9.27. The highest BCUT2D eigenvalue weighted by atomic mass is 127. The number of carbonyl (C=O) groups excluding carboxylic acids is 1. The third kappa shape index (κ3) is 8.78. The number of aryl methyl sites for hydroxylation is 1. The van der Waals surface area contributed by atoms with Crippen LogP contribution in [0.2, 0.25) is 0 Å². The van der Waals surface area contributed by atoms with Crippen LogP contribution in [-0.2, 0) is 4.79 Å². The van der Waals surface area contributed by atoms with Crippen LogP contribution in [0.15, 0.2) is 27.7 Å². The van der Waals surface area contributed by atoms with Gasteiger partial charge in [0.05, 0.1) is 12.6 Å². The number of aliphatic hydroxyl groups is 1. The Morgan fingerprint density at radius 1 is 1.30 bits per heavy atom. The average Bonchev–Trinajstić information content (AvgIpc) is 2.59. The van der Waals surface area contributed by atoms with Gasteiger partial charge in [-0.25, -0.2) is 0 Å². The van der Waals surface area contributed by atoms with Gasteiger partial charge in [0.25, 0.3) is 0 Å². The van der Waals surface area contributed by atoms with Crippen molar-refractivity contribution in [2.75, 3.05) is 18.4 Å². The molecule has 1 aromatic rings. The Hall–Kier alpha value is -0.870. The van der Waals surface area contributed by atoms with E-state index in [1.54, 1.807) is 0 Å². The fraction of sp³-hybridized carbons (Fsp3) is 0.579. The number of hydrogen-bond donors (Lipinski definition) is 4. The molecule has 1 aliphatic carbocycles. The average molecular weight is 553 g/mol. The number of halogens is 2. The molecule has 1 saturated carbocycles. The Morgan fingerprint density at radius 2 is 2.00 bits per heavy atom. The Labute approximate surface area is 187 Å². The molecule has 0 heterocycles. The number of nitrogens with zero attached hydrogens (tertiary/aromatic N) is 1. The molecule has 0 spiro atoms. The van der Waals surface area contributed by atoms with Crippen molar-refractivity contribution < 1.29 is 9.90 Å². The van der Waals surface area contributed by atoms with Gasteiger partial charge in [0.1, 0.15) is 0 Å². The summed E-state index contributed by atoms with van der Waals surface area (Å²) >= 11 is 3.42. The van der Waals surface area contributed by atoms with Crippen molar-refractivity contribution in [3.05, 3.63) is 28.2 Å². The summed E-state index contributed by atoms with van der Waals surface area (Å²) in [6, 6.07) is 6.11. The molecule has 0 aromatic heterocycles. The molecule has 2 rings (SSSR count). The molecule has 0 atom stereocenters. The van der Waals surface area contributed by atoms with Gasteiger partial charge in [0.2, 0.25) is 5.91 Å². The minimum atomic E-state index is -0.168. The number of aliphatic imine (C=N–C) groups is 1. The summed E-state index contributed by atoms with van der Waals surface area (Å²) in [6.45, 7) is 5.18. The number of nitrogens with one attached hydrogen (secondary N) is 3. The highest BCUT2D eigenvalue weighted by Crippen LogP contribution is 2.20. The second-order valence-electron chi connectivity index (χ2n) is 6.67. The molecule has 27 heavy (non-hydrogen) atoms. The van der Waals surface area contributed by atoms with Crippen molar-refractivity contribution in [3.8, 4) is 0 Å². The highest BCUT2D eigenvalue weighted by Gasteiger charge is 2.19. The van der Waals surface area contributed by atoms with Crippen molar-refractivity contribution in [2.45, 2.75) is 58.1 Å². The van der Waals surface area contributed by atoms with E-state index in [1.807, 2.05) is 32.0 Å². The minimum absolute atomic E-state index is 0. The summed E-state index contributed by atoms with van der Waals surface area (Å²) in [4.78, 5) is 16.7. The van der Waals surface area contributed by atoms with E-state index in [1.165, 1.54) is 0 Å². The van der Waals surface area contributed by atoms with Crippen LogP contribution in [0.1, 0.15) is 44.6 Å². The van der Waals surface area contributed by atoms with E-state index >= 15 is 0 Å². The van der Waals surface area contributed by atoms with E-state index in [-0.39, 0.29) is 36.0 Å². The van der Waals surface area contributed by atoms with Crippen molar-refractivity contribution in [1.29, 1.82) is 0 Å². The second-order valence-corrected chi connectivity index (χ2v) is 7.58. The number of anilines is 1. The standard InChI is InChI=1S/C19H29BrN4O2.HI/c1-3-21-19(23-15-5-7-16(25)8-6-15)22-11-10-18(26)24-17-9-4-14(20)12-13(17)2;/h4,9,12,15-16,25H,3,5-8,10-11H2,1-2H3,(H,24,26)(H2,21,22,23);1H. The predicted molar refractivity (Wildman–Crippen MR) is 125 cm³/mol. The molecule has 0 saturated heterocycles. The van der Waals surface area contributed by atoms with Gasteiger partial charge in [0.15, 0.2) is 5.96 Å². The number of amides is 1. The SMILES string of the molecule is CCNC(=NCCC(=O)Nc1ccc(Br)cc1C)NC1CCC(O)CC1.I. The van der Waals surface area contributed by atoms with E-state index in [4.69, 9.17) is 0 Å². The van der Waals surface area contributed by atoms with Gasteiger partial charge in [-0.05, 0) is 63.3 Å². The molecule has 1 fully saturated rings. The number of rotatable bonds is 6. The van der Waals surface area contributed by atoms with E-state index in [0.29, 0.717) is 19.0 Å². The maximum Gasteiger partial charge on any atom is 0.226 e. The van der Waals surface area contributed by atoms with Crippen LogP contribution < -0.4 is 16.0 Å². The zero-order valence-corrected chi connectivity index (χ0v) is 19.8. The summed E-state index contributed by atoms with van der Waals surface area (Å²) in [6.07, 6.45) is 3.69. The van der Waals surface area contributed by atoms with Crippen LogP contribution in [0.3, 0.4) is 0 Å². The minimum Gasteiger partial charge on any atom is -0.393 e. The molecule has 0 bridgehead atoms. The Bertz CT molecular complexity index is 634. The lowest BCUT2D eigenvalue weighted by Gasteiger charge is -2.27. The molecule has 4 N–H and O–H groups in total. The quantitative estimate of drug-likeness (QED) is 0.247. The monoisotopic (exact) mass is 552 g/mol. The Kier molecular flexibility index (Phi) is 11.2. The molecule has 0 radical (unpaired) electrons. The van der Waals surface area contributed by atoms with E-state index < -0.39 is 0 Å². The number of guanidine groups is 1. The maximum absolute atomic E-state index is 12.2. The second kappa shape index (κ2) is 12.6. The summed E-state index contributed by atoms with van der Waals surface area (Å²) in [5.41, 5.74) is 1.85. The summed E-state index contributed by atoms with van der Waals surface area (Å²) in [7, 11) is 0. The number of hydrogen-bond acceptors (Lipinski definition) is 3. The lowest BCUT2D eigenvalue weighted by Crippen LogP contribution is -2.45. The molecule has 0 aliphatic heterocycles. The molecule has 1 amide bonds. The smallest absolute Gasteiger partial charge is 0.226 e. The highest BCUT2D eigenvalue weighted by molar-refractivity contribution is 14.0. The zero-order chi connectivity index (χ0) is 18.9. The van der Waals surface area contributed by atoms with Crippen molar-refractivity contribution in [1.82, 2.24) is 10.6 Å². The first-order chi connectivity index (χ1) is 12.5. The molecule has 152 valence electrons. The Morgan fingerprint density at radius 3 is 2.63 bits per heavy atom. The lowest BCUT2D eigenvalue weighted by molar-refractivity contribution is -0.116. The van der Waals surface area contributed by atoms with Crippen LogP contribution in [0, 0.1) is 6.92 Å². The first kappa shape index (κ1) is 24.2. The topological polar surface area (TPSA) is 85.8 Å². The number of carbonyl (C=O) groups is 1. The fourth-order valence-electron chi connectivity index (χ4n) is 2.98. The van der Waals surface area contributed by atoms with Gasteiger partial charge >= 0.3 is 0 Å². The number of benzene rings is 1. The third-order valence-corrected chi connectivity index (χ3v) is 4.95. The van der Waals surface area contributed by atoms with Crippen LogP contribution in [-0.4, -0.2) is 42.2 Å². The van der Waals surface area contributed by atoms with Crippen molar-refractivity contribution in [2.24, 2.45) is 4.99 Å². The summed E-state index contributed by atoms with van der Waals surface area (Å²) < 4.78 is 0.995. The summed E-state index contributed by atoms with van der Waals surface area (Å²) in [5.74, 6) is 0.692. The van der Waals surface area contributed by atoms with Gasteiger partial charge in [-0.1, -0.05) is 15.9 Å². The molecular formula is C19H30BrIN4O2. The van der Waals surface area contributed by atoms with Crippen LogP contribution in [0.5, 0.6) is 0 Å². The maximum atomic E-state index is 12.2. The van der Waals surface area contributed by atoms with Crippen LogP contribution in [0.4, 0.5) is 5.69 Å². The van der Waals surface area contributed by atoms with Gasteiger partial charge in [0, 0.05) is 29.2 Å². The van der Waals surface area contributed by atoms with Crippen LogP contribution in [0.25, 0.3) is 0 Å². The van der Waals surface area contributed by atoms with Crippen molar-refractivity contribution >= 4 is 57.5 Å². The molecule has 1 aromatic carbocycles.